The maximum Gasteiger partial charge on any atom is 0.332 e. The van der Waals surface area contributed by atoms with Crippen molar-refractivity contribution in [2.24, 2.45) is 10.8 Å². The van der Waals surface area contributed by atoms with Crippen molar-refractivity contribution in [3.8, 4) is 0 Å². The monoisotopic (exact) mass is 295 g/mol. The molecular formula is C16H25NO4. The van der Waals surface area contributed by atoms with E-state index in [0.717, 1.165) is 25.8 Å². The number of ether oxygens (including phenoxy) is 1. The van der Waals surface area contributed by atoms with E-state index in [0.29, 0.717) is 18.9 Å². The highest BCUT2D eigenvalue weighted by atomic mass is 16.5. The number of hydrogen-bond acceptors (Lipinski definition) is 3. The Bertz CT molecular complexity index is 475. The number of aliphatic carboxylic acids is 1. The fourth-order valence-corrected chi connectivity index (χ4v) is 4.90. The van der Waals surface area contributed by atoms with E-state index in [1.54, 1.807) is 0 Å². The summed E-state index contributed by atoms with van der Waals surface area (Å²) < 4.78 is 5.44. The molecule has 0 aromatic heterocycles. The summed E-state index contributed by atoms with van der Waals surface area (Å²) in [4.78, 5) is 25.7. The number of rotatable bonds is 2. The number of likely N-dealkylation sites (tertiary alicyclic amines) is 1. The smallest absolute Gasteiger partial charge is 0.332 e. The minimum absolute atomic E-state index is 0.00479. The first-order chi connectivity index (χ1) is 9.69. The Balaban J connectivity index is 1.71. The topological polar surface area (TPSA) is 66.8 Å². The van der Waals surface area contributed by atoms with Gasteiger partial charge in [-0.3, -0.25) is 4.79 Å². The van der Waals surface area contributed by atoms with Crippen LogP contribution in [0.25, 0.3) is 0 Å². The number of carbonyl (C=O) groups excluding carboxylic acids is 1. The van der Waals surface area contributed by atoms with Gasteiger partial charge in [0.15, 0.2) is 6.10 Å². The van der Waals surface area contributed by atoms with Gasteiger partial charge in [-0.25, -0.2) is 4.79 Å². The number of hydrogen-bond donors (Lipinski definition) is 1. The first-order valence-electron chi connectivity index (χ1n) is 7.88. The first-order valence-corrected chi connectivity index (χ1v) is 7.88. The van der Waals surface area contributed by atoms with Crippen LogP contribution in [0.4, 0.5) is 0 Å². The summed E-state index contributed by atoms with van der Waals surface area (Å²) in [6.45, 7) is 7.61. The highest BCUT2D eigenvalue weighted by Gasteiger charge is 2.52. The van der Waals surface area contributed by atoms with Gasteiger partial charge in [-0.2, -0.15) is 0 Å². The van der Waals surface area contributed by atoms with Crippen molar-refractivity contribution in [2.75, 3.05) is 6.54 Å². The number of carbonyl (C=O) groups is 2. The Labute approximate surface area is 125 Å². The molecule has 4 unspecified atom stereocenters. The fourth-order valence-electron chi connectivity index (χ4n) is 4.90. The number of amides is 1. The predicted molar refractivity (Wildman–Crippen MR) is 76.8 cm³/mol. The summed E-state index contributed by atoms with van der Waals surface area (Å²) in [5.41, 5.74) is 0.472. The van der Waals surface area contributed by atoms with Crippen molar-refractivity contribution in [2.45, 2.75) is 71.1 Å². The van der Waals surface area contributed by atoms with Crippen LogP contribution in [0.5, 0.6) is 0 Å². The number of carboxylic acid groups (broad SMARTS) is 1. The summed E-state index contributed by atoms with van der Waals surface area (Å²) >= 11 is 0. The van der Waals surface area contributed by atoms with Gasteiger partial charge < -0.3 is 14.7 Å². The summed E-state index contributed by atoms with van der Waals surface area (Å²) in [5, 5.41) is 8.99. The molecule has 1 aliphatic carbocycles. The summed E-state index contributed by atoms with van der Waals surface area (Å²) in [7, 11) is 0. The third kappa shape index (κ3) is 2.68. The van der Waals surface area contributed by atoms with E-state index in [-0.39, 0.29) is 16.7 Å². The number of fused-ring (bicyclic) bond motifs is 2. The second kappa shape index (κ2) is 4.70. The molecule has 1 saturated carbocycles. The van der Waals surface area contributed by atoms with Crippen LogP contribution in [0.2, 0.25) is 0 Å². The molecule has 2 bridgehead atoms. The van der Waals surface area contributed by atoms with Gasteiger partial charge in [-0.1, -0.05) is 20.8 Å². The summed E-state index contributed by atoms with van der Waals surface area (Å²) in [6.07, 6.45) is 2.83. The lowest BCUT2D eigenvalue weighted by Crippen LogP contribution is -2.43. The van der Waals surface area contributed by atoms with Crippen LogP contribution in [0.3, 0.4) is 0 Å². The van der Waals surface area contributed by atoms with Gasteiger partial charge in [0, 0.05) is 12.6 Å². The minimum atomic E-state index is -0.960. The molecule has 0 radical (unpaired) electrons. The van der Waals surface area contributed by atoms with Crippen LogP contribution in [0, 0.1) is 10.8 Å². The highest BCUT2D eigenvalue weighted by Crippen LogP contribution is 2.52. The third-order valence-corrected chi connectivity index (χ3v) is 5.27. The molecule has 5 nitrogen and oxygen atoms in total. The average Bonchev–Trinajstić information content (AvgIpc) is 2.90. The maximum atomic E-state index is 12.7. The number of carboxylic acids is 1. The second-order valence-electron chi connectivity index (χ2n) is 8.21. The fraction of sp³-hybridized carbons (Fsp3) is 0.875. The molecule has 3 aliphatic rings. The molecule has 4 atom stereocenters. The van der Waals surface area contributed by atoms with Crippen LogP contribution in [-0.4, -0.2) is 46.7 Å². The van der Waals surface area contributed by atoms with E-state index in [2.05, 4.69) is 20.8 Å². The molecule has 0 aromatic carbocycles. The molecule has 2 heterocycles. The molecule has 0 aromatic rings. The van der Waals surface area contributed by atoms with Crippen molar-refractivity contribution in [3.63, 3.8) is 0 Å². The zero-order chi connectivity index (χ0) is 15.4. The van der Waals surface area contributed by atoms with Crippen LogP contribution in [0.1, 0.15) is 52.9 Å². The van der Waals surface area contributed by atoms with E-state index >= 15 is 0 Å². The van der Waals surface area contributed by atoms with Crippen molar-refractivity contribution in [1.82, 2.24) is 4.90 Å². The first kappa shape index (κ1) is 14.8. The minimum Gasteiger partial charge on any atom is -0.479 e. The lowest BCUT2D eigenvalue weighted by atomic mass is 9.65. The SMILES string of the molecule is CC1(C)CC2CC(C)(CN2C(=O)C2CCC(C(=O)O)O2)C1. The van der Waals surface area contributed by atoms with E-state index in [4.69, 9.17) is 9.84 Å². The Morgan fingerprint density at radius 2 is 1.81 bits per heavy atom. The quantitative estimate of drug-likeness (QED) is 0.846. The molecular weight excluding hydrogens is 270 g/mol. The van der Waals surface area contributed by atoms with Crippen LogP contribution in [0.15, 0.2) is 0 Å². The Kier molecular flexibility index (Phi) is 3.32. The van der Waals surface area contributed by atoms with Crippen molar-refractivity contribution in [3.05, 3.63) is 0 Å². The van der Waals surface area contributed by atoms with Gasteiger partial charge in [0.25, 0.3) is 5.91 Å². The van der Waals surface area contributed by atoms with Crippen LogP contribution >= 0.6 is 0 Å². The largest absolute Gasteiger partial charge is 0.479 e. The van der Waals surface area contributed by atoms with E-state index in [9.17, 15) is 9.59 Å². The van der Waals surface area contributed by atoms with Gasteiger partial charge >= 0.3 is 5.97 Å². The third-order valence-electron chi connectivity index (χ3n) is 5.27. The molecule has 2 saturated heterocycles. The molecule has 3 fully saturated rings. The summed E-state index contributed by atoms with van der Waals surface area (Å²) in [6, 6.07) is 0.290. The van der Waals surface area contributed by atoms with E-state index < -0.39 is 18.2 Å². The average molecular weight is 295 g/mol. The van der Waals surface area contributed by atoms with E-state index in [1.165, 1.54) is 0 Å². The zero-order valence-electron chi connectivity index (χ0n) is 13.1. The second-order valence-corrected chi connectivity index (χ2v) is 8.21. The zero-order valence-corrected chi connectivity index (χ0v) is 13.1. The van der Waals surface area contributed by atoms with E-state index in [1.807, 2.05) is 4.90 Å². The molecule has 0 spiro atoms. The number of nitrogens with zero attached hydrogens (tertiary/aromatic N) is 1. The lowest BCUT2D eigenvalue weighted by molar-refractivity contribution is -0.155. The van der Waals surface area contributed by atoms with Crippen molar-refractivity contribution >= 4 is 11.9 Å². The molecule has 2 aliphatic heterocycles. The van der Waals surface area contributed by atoms with Gasteiger partial charge in [0.05, 0.1) is 0 Å². The molecule has 3 rings (SSSR count). The molecule has 1 N–H and O–H groups in total. The molecule has 1 amide bonds. The molecule has 118 valence electrons. The van der Waals surface area contributed by atoms with Crippen molar-refractivity contribution in [1.29, 1.82) is 0 Å². The van der Waals surface area contributed by atoms with Crippen LogP contribution < -0.4 is 0 Å². The van der Waals surface area contributed by atoms with Gasteiger partial charge in [-0.05, 0) is 42.9 Å². The van der Waals surface area contributed by atoms with Crippen molar-refractivity contribution < 1.29 is 19.4 Å². The van der Waals surface area contributed by atoms with Gasteiger partial charge in [0.1, 0.15) is 6.10 Å². The standard InChI is InChI=1S/C16H25NO4/c1-15(2)6-10-7-16(3,8-15)9-17(10)13(18)11-4-5-12(21-11)14(19)20/h10-12H,4-9H2,1-3H3,(H,19,20). The Hall–Kier alpha value is -1.10. The lowest BCUT2D eigenvalue weighted by Gasteiger charge is -2.39. The maximum absolute atomic E-state index is 12.7. The molecule has 5 heteroatoms. The molecule has 21 heavy (non-hydrogen) atoms. The highest BCUT2D eigenvalue weighted by molar-refractivity contribution is 5.83. The summed E-state index contributed by atoms with van der Waals surface area (Å²) in [5.74, 6) is -0.955. The normalized spacial score (nSPS) is 41.3. The van der Waals surface area contributed by atoms with Gasteiger partial charge in [0.2, 0.25) is 0 Å². The predicted octanol–water partition coefficient (Wildman–Crippen LogP) is 2.05. The van der Waals surface area contributed by atoms with Gasteiger partial charge in [-0.15, -0.1) is 0 Å². The Morgan fingerprint density at radius 3 is 2.43 bits per heavy atom. The Morgan fingerprint density at radius 1 is 1.14 bits per heavy atom. The van der Waals surface area contributed by atoms with Crippen LogP contribution in [-0.2, 0) is 14.3 Å².